The number of hydrogen-bond acceptors (Lipinski definition) is 1. The zero-order chi connectivity index (χ0) is 13.4. The van der Waals surface area contributed by atoms with Crippen LogP contribution in [0.25, 0.3) is 10.9 Å². The van der Waals surface area contributed by atoms with E-state index < -0.39 is 0 Å². The molecule has 4 nitrogen and oxygen atoms in total. The van der Waals surface area contributed by atoms with Crippen LogP contribution < -0.4 is 5.32 Å². The number of amides is 2. The highest BCUT2D eigenvalue weighted by molar-refractivity contribution is 5.81. The Morgan fingerprint density at radius 2 is 2.11 bits per heavy atom. The van der Waals surface area contributed by atoms with Crippen molar-refractivity contribution >= 4 is 16.9 Å². The molecule has 1 fully saturated rings. The minimum Gasteiger partial charge on any atom is -0.351 e. The first kappa shape index (κ1) is 12.1. The lowest BCUT2D eigenvalue weighted by molar-refractivity contribution is 0.164. The number of nitrogens with zero attached hydrogens (tertiary/aromatic N) is 2. The van der Waals surface area contributed by atoms with Gasteiger partial charge in [-0.1, -0.05) is 12.1 Å². The molecule has 2 amide bonds. The third-order valence-electron chi connectivity index (χ3n) is 3.90. The molecule has 1 unspecified atom stereocenters. The highest BCUT2D eigenvalue weighted by Crippen LogP contribution is 2.21. The largest absolute Gasteiger partial charge is 0.351 e. The van der Waals surface area contributed by atoms with Gasteiger partial charge in [0.1, 0.15) is 0 Å². The van der Waals surface area contributed by atoms with E-state index in [1.54, 1.807) is 0 Å². The van der Waals surface area contributed by atoms with Crippen molar-refractivity contribution in [3.8, 4) is 0 Å². The molecular weight excluding hydrogens is 238 g/mol. The summed E-state index contributed by atoms with van der Waals surface area (Å²) in [6.07, 6.45) is 3.18. The van der Waals surface area contributed by atoms with Crippen LogP contribution in [0.4, 0.5) is 4.79 Å². The molecule has 2 heterocycles. The number of likely N-dealkylation sites (tertiary alicyclic amines) is 1. The lowest BCUT2D eigenvalue weighted by atomic mass is 10.1. The molecule has 1 aliphatic rings. The summed E-state index contributed by atoms with van der Waals surface area (Å²) in [6, 6.07) is 8.53. The summed E-state index contributed by atoms with van der Waals surface area (Å²) in [5, 5.41) is 4.28. The van der Waals surface area contributed by atoms with Gasteiger partial charge in [0.05, 0.1) is 6.04 Å². The fraction of sp³-hybridized carbons (Fsp3) is 0.400. The lowest BCUT2D eigenvalue weighted by Crippen LogP contribution is -2.48. The Morgan fingerprint density at radius 3 is 2.79 bits per heavy atom. The van der Waals surface area contributed by atoms with E-state index in [9.17, 15) is 4.79 Å². The van der Waals surface area contributed by atoms with Gasteiger partial charge in [-0.15, -0.1) is 0 Å². The monoisotopic (exact) mass is 257 g/mol. The summed E-state index contributed by atoms with van der Waals surface area (Å²) in [6.45, 7) is 3.80. The number of carbonyl (C=O) groups is 1. The molecule has 0 aliphatic carbocycles. The van der Waals surface area contributed by atoms with E-state index in [1.807, 2.05) is 18.9 Å². The van der Waals surface area contributed by atoms with E-state index in [1.165, 1.54) is 10.9 Å². The molecule has 0 bridgehead atoms. The smallest absolute Gasteiger partial charge is 0.317 e. The second-order valence-electron chi connectivity index (χ2n) is 5.26. The van der Waals surface area contributed by atoms with Crippen molar-refractivity contribution in [1.82, 2.24) is 14.8 Å². The number of carbonyl (C=O) groups excluding carboxylic acids is 1. The van der Waals surface area contributed by atoms with Gasteiger partial charge in [0.25, 0.3) is 0 Å². The zero-order valence-corrected chi connectivity index (χ0v) is 11.4. The maximum Gasteiger partial charge on any atom is 0.317 e. The van der Waals surface area contributed by atoms with E-state index in [-0.39, 0.29) is 12.1 Å². The third kappa shape index (κ3) is 2.18. The number of rotatable bonds is 2. The number of aromatic nitrogens is 1. The Kier molecular flexibility index (Phi) is 2.93. The van der Waals surface area contributed by atoms with Crippen molar-refractivity contribution in [2.24, 2.45) is 7.05 Å². The Balaban J connectivity index is 1.78. The molecule has 3 rings (SSSR count). The predicted octanol–water partition coefficient (Wildman–Crippen LogP) is 2.65. The van der Waals surface area contributed by atoms with Crippen LogP contribution >= 0.6 is 0 Å². The van der Waals surface area contributed by atoms with Gasteiger partial charge in [0.2, 0.25) is 0 Å². The van der Waals surface area contributed by atoms with Crippen molar-refractivity contribution < 1.29 is 4.79 Å². The molecule has 1 atom stereocenters. The topological polar surface area (TPSA) is 37.3 Å². The fourth-order valence-corrected chi connectivity index (χ4v) is 2.43. The van der Waals surface area contributed by atoms with Crippen molar-refractivity contribution in [2.75, 3.05) is 13.1 Å². The molecule has 0 spiro atoms. The van der Waals surface area contributed by atoms with Crippen LogP contribution in [0.3, 0.4) is 0 Å². The fourth-order valence-electron chi connectivity index (χ4n) is 2.43. The van der Waals surface area contributed by atoms with Gasteiger partial charge >= 0.3 is 6.03 Å². The van der Waals surface area contributed by atoms with E-state index in [4.69, 9.17) is 0 Å². The quantitative estimate of drug-likeness (QED) is 0.882. The lowest BCUT2D eigenvalue weighted by Gasteiger charge is -2.32. The van der Waals surface area contributed by atoms with Gasteiger partial charge in [0, 0.05) is 31.9 Å². The number of nitrogens with one attached hydrogen (secondary N) is 1. The minimum atomic E-state index is 0.0346. The number of aryl methyl sites for hydroxylation is 1. The predicted molar refractivity (Wildman–Crippen MR) is 76.1 cm³/mol. The normalized spacial score (nSPS) is 16.2. The van der Waals surface area contributed by atoms with Crippen molar-refractivity contribution in [2.45, 2.75) is 19.4 Å². The maximum absolute atomic E-state index is 11.9. The molecule has 2 aromatic rings. The molecule has 100 valence electrons. The van der Waals surface area contributed by atoms with Crippen LogP contribution in [0, 0.1) is 0 Å². The maximum atomic E-state index is 11.9. The van der Waals surface area contributed by atoms with Crippen molar-refractivity contribution in [3.05, 3.63) is 36.0 Å². The molecule has 4 heteroatoms. The Morgan fingerprint density at radius 1 is 1.32 bits per heavy atom. The number of fused-ring (bicyclic) bond motifs is 1. The molecule has 0 saturated carbocycles. The molecule has 1 N–H and O–H groups in total. The summed E-state index contributed by atoms with van der Waals surface area (Å²) >= 11 is 0. The third-order valence-corrected chi connectivity index (χ3v) is 3.90. The first-order valence-corrected chi connectivity index (χ1v) is 6.75. The highest BCUT2D eigenvalue weighted by atomic mass is 16.2. The van der Waals surface area contributed by atoms with E-state index in [2.05, 4.69) is 40.3 Å². The molecular formula is C15H19N3O. The molecule has 1 aromatic carbocycles. The summed E-state index contributed by atoms with van der Waals surface area (Å²) in [5.41, 5.74) is 2.34. The van der Waals surface area contributed by atoms with Gasteiger partial charge in [0.15, 0.2) is 0 Å². The SMILES string of the molecule is CC(NC(=O)N1CCC1)c1ccc2ccn(C)c2c1. The van der Waals surface area contributed by atoms with Gasteiger partial charge in [-0.3, -0.25) is 0 Å². The van der Waals surface area contributed by atoms with Crippen molar-refractivity contribution in [3.63, 3.8) is 0 Å². The van der Waals surface area contributed by atoms with Crippen molar-refractivity contribution in [1.29, 1.82) is 0 Å². The van der Waals surface area contributed by atoms with Gasteiger partial charge in [-0.2, -0.15) is 0 Å². The molecule has 1 aromatic heterocycles. The average molecular weight is 257 g/mol. The van der Waals surface area contributed by atoms with E-state index >= 15 is 0 Å². The van der Waals surface area contributed by atoms with E-state index in [0.29, 0.717) is 0 Å². The molecule has 0 radical (unpaired) electrons. The Hall–Kier alpha value is -1.97. The van der Waals surface area contributed by atoms with Crippen LogP contribution in [0.1, 0.15) is 24.9 Å². The number of benzene rings is 1. The van der Waals surface area contributed by atoms with Gasteiger partial charge in [-0.25, -0.2) is 4.79 Å². The summed E-state index contributed by atoms with van der Waals surface area (Å²) in [4.78, 5) is 13.7. The summed E-state index contributed by atoms with van der Waals surface area (Å²) < 4.78 is 2.10. The second-order valence-corrected chi connectivity index (χ2v) is 5.26. The summed E-state index contributed by atoms with van der Waals surface area (Å²) in [7, 11) is 2.04. The highest BCUT2D eigenvalue weighted by Gasteiger charge is 2.21. The first-order valence-electron chi connectivity index (χ1n) is 6.75. The Labute approximate surface area is 113 Å². The van der Waals surface area contributed by atoms with Crippen LogP contribution in [0.5, 0.6) is 0 Å². The number of hydrogen-bond donors (Lipinski definition) is 1. The second kappa shape index (κ2) is 4.61. The first-order chi connectivity index (χ1) is 9.15. The average Bonchev–Trinajstić information content (AvgIpc) is 2.68. The molecule has 19 heavy (non-hydrogen) atoms. The van der Waals surface area contributed by atoms with Gasteiger partial charge in [-0.05, 0) is 36.4 Å². The van der Waals surface area contributed by atoms with Gasteiger partial charge < -0.3 is 14.8 Å². The van der Waals surface area contributed by atoms with E-state index in [0.717, 1.165) is 25.1 Å². The van der Waals surface area contributed by atoms with Crippen LogP contribution in [0.15, 0.2) is 30.5 Å². The van der Waals surface area contributed by atoms with Crippen LogP contribution in [-0.4, -0.2) is 28.6 Å². The van der Waals surface area contributed by atoms with Crippen LogP contribution in [-0.2, 0) is 7.05 Å². The molecule has 1 aliphatic heterocycles. The van der Waals surface area contributed by atoms with Crippen LogP contribution in [0.2, 0.25) is 0 Å². The minimum absolute atomic E-state index is 0.0346. The Bertz CT molecular complexity index is 613. The molecule has 1 saturated heterocycles. The standard InChI is InChI=1S/C15H19N3O/c1-11(16-15(19)18-7-3-8-18)13-5-4-12-6-9-17(2)14(12)10-13/h4-6,9-11H,3,7-8H2,1-2H3,(H,16,19). The zero-order valence-electron chi connectivity index (χ0n) is 11.4. The number of urea groups is 1. The summed E-state index contributed by atoms with van der Waals surface area (Å²) in [5.74, 6) is 0.